The molecule has 0 bridgehead atoms. The summed E-state index contributed by atoms with van der Waals surface area (Å²) in [5.74, 6) is -0.143. The first kappa shape index (κ1) is 22.4. The van der Waals surface area contributed by atoms with E-state index in [-0.39, 0.29) is 10.8 Å². The second-order valence-corrected chi connectivity index (χ2v) is 10.1. The van der Waals surface area contributed by atoms with Crippen molar-refractivity contribution in [3.63, 3.8) is 0 Å². The molecule has 1 aromatic carbocycles. The van der Waals surface area contributed by atoms with Crippen molar-refractivity contribution in [2.45, 2.75) is 18.4 Å². The summed E-state index contributed by atoms with van der Waals surface area (Å²) in [6.45, 7) is 3.97. The van der Waals surface area contributed by atoms with E-state index in [0.717, 1.165) is 28.0 Å². The summed E-state index contributed by atoms with van der Waals surface area (Å²) < 4.78 is 26.1. The Morgan fingerprint density at radius 2 is 1.89 bits per heavy atom. The third kappa shape index (κ3) is 5.54. The monoisotopic (exact) mass is 425 g/mol. The summed E-state index contributed by atoms with van der Waals surface area (Å²) in [7, 11) is 3.10. The molecule has 1 amide bonds. The topological polar surface area (TPSA) is 74.2 Å². The van der Waals surface area contributed by atoms with Gasteiger partial charge in [-0.2, -0.15) is 0 Å². The Kier molecular flexibility index (Phi) is 7.59. The zero-order chi connectivity index (χ0) is 20.9. The van der Waals surface area contributed by atoms with E-state index in [4.69, 9.17) is 0 Å². The molecule has 1 unspecified atom stereocenters. The number of carbonyl (C=O) groups excluding carboxylic acids is 1. The molecular weight excluding hydrogens is 396 g/mol. The molecule has 2 aromatic rings. The number of likely N-dealkylation sites (N-methyl/N-ethyl adjacent to an activating group) is 1. The molecule has 0 radical (unpaired) electrons. The summed E-state index contributed by atoms with van der Waals surface area (Å²) >= 11 is 1.68. The fourth-order valence-corrected chi connectivity index (χ4v) is 4.47. The largest absolute Gasteiger partial charge is 0.376 e. The van der Waals surface area contributed by atoms with E-state index in [2.05, 4.69) is 11.4 Å². The maximum Gasteiger partial charge on any atom is 0.279 e. The third-order valence-electron chi connectivity index (χ3n) is 4.42. The van der Waals surface area contributed by atoms with E-state index >= 15 is 0 Å². The lowest BCUT2D eigenvalue weighted by Gasteiger charge is -2.21. The summed E-state index contributed by atoms with van der Waals surface area (Å²) in [4.78, 5) is 17.0. The van der Waals surface area contributed by atoms with Crippen LogP contribution >= 0.6 is 11.3 Å². The van der Waals surface area contributed by atoms with E-state index in [0.29, 0.717) is 12.2 Å². The van der Waals surface area contributed by atoms with Crippen LogP contribution in [-0.2, 0) is 21.4 Å². The summed E-state index contributed by atoms with van der Waals surface area (Å²) in [6.07, 6.45) is 0. The molecule has 1 aromatic heterocycles. The molecule has 0 aliphatic heterocycles. The molecule has 0 saturated heterocycles. The van der Waals surface area contributed by atoms with Crippen molar-refractivity contribution in [2.75, 3.05) is 51.5 Å². The number of hydrogen-bond acceptors (Lipinski definition) is 5. The van der Waals surface area contributed by atoms with E-state index in [9.17, 15) is 13.2 Å². The molecule has 1 atom stereocenters. The van der Waals surface area contributed by atoms with Gasteiger partial charge < -0.3 is 15.1 Å². The first-order valence-corrected chi connectivity index (χ1v) is 11.4. The van der Waals surface area contributed by atoms with Crippen LogP contribution in [0.15, 0.2) is 40.6 Å². The molecular formula is C19H29N4O3S2+. The number of anilines is 2. The molecule has 0 saturated carbocycles. The van der Waals surface area contributed by atoms with Crippen molar-refractivity contribution < 1.29 is 18.1 Å². The normalized spacial score (nSPS) is 12.8. The Morgan fingerprint density at radius 3 is 2.43 bits per heavy atom. The number of carbonyl (C=O) groups is 1. The molecule has 0 aliphatic rings. The quantitative estimate of drug-likeness (QED) is 0.631. The van der Waals surface area contributed by atoms with Crippen molar-refractivity contribution in [2.24, 2.45) is 0 Å². The molecule has 7 nitrogen and oxygen atoms in total. The van der Waals surface area contributed by atoms with Crippen LogP contribution in [0.4, 0.5) is 11.4 Å². The van der Waals surface area contributed by atoms with Gasteiger partial charge >= 0.3 is 0 Å². The molecule has 1 heterocycles. The fourth-order valence-electron chi connectivity index (χ4n) is 2.77. The van der Waals surface area contributed by atoms with Gasteiger partial charge in [0.05, 0.1) is 27.7 Å². The minimum atomic E-state index is -3.58. The zero-order valence-electron chi connectivity index (χ0n) is 17.0. The lowest BCUT2D eigenvalue weighted by molar-refractivity contribution is -0.903. The van der Waals surface area contributed by atoms with Gasteiger partial charge in [0.15, 0.2) is 6.54 Å². The number of benzene rings is 1. The molecule has 9 heteroatoms. The van der Waals surface area contributed by atoms with Gasteiger partial charge in [0, 0.05) is 28.2 Å². The highest BCUT2D eigenvalue weighted by molar-refractivity contribution is 7.89. The van der Waals surface area contributed by atoms with Gasteiger partial charge in [-0.15, -0.1) is 11.3 Å². The second-order valence-electron chi connectivity index (χ2n) is 6.95. The van der Waals surface area contributed by atoms with Gasteiger partial charge in [-0.25, -0.2) is 12.7 Å². The highest BCUT2D eigenvalue weighted by atomic mass is 32.2. The van der Waals surface area contributed by atoms with Crippen molar-refractivity contribution in [1.29, 1.82) is 0 Å². The van der Waals surface area contributed by atoms with Crippen LogP contribution in [0.3, 0.4) is 0 Å². The first-order valence-electron chi connectivity index (χ1n) is 9.04. The van der Waals surface area contributed by atoms with Crippen molar-refractivity contribution >= 4 is 38.6 Å². The average molecular weight is 426 g/mol. The van der Waals surface area contributed by atoms with Gasteiger partial charge in [0.1, 0.15) is 6.54 Å². The highest BCUT2D eigenvalue weighted by Crippen LogP contribution is 2.28. The predicted octanol–water partition coefficient (Wildman–Crippen LogP) is 1.11. The van der Waals surface area contributed by atoms with Crippen molar-refractivity contribution in [3.8, 4) is 0 Å². The van der Waals surface area contributed by atoms with Gasteiger partial charge in [-0.05, 0) is 36.6 Å². The Hall–Kier alpha value is -1.94. The SMILES string of the molecule is CC[NH+](CC(=O)Nc1cc(S(=O)(=O)N(C)C)ccc1N(C)C)Cc1cccs1. The van der Waals surface area contributed by atoms with Crippen LogP contribution in [0.1, 0.15) is 11.8 Å². The number of hydrogen-bond donors (Lipinski definition) is 2. The number of quaternary nitrogens is 1. The Bertz CT molecular complexity index is 894. The Labute approximate surface area is 171 Å². The number of nitrogens with zero attached hydrogens (tertiary/aromatic N) is 2. The van der Waals surface area contributed by atoms with E-state index in [1.165, 1.54) is 25.0 Å². The van der Waals surface area contributed by atoms with Crippen LogP contribution in [0, 0.1) is 0 Å². The predicted molar refractivity (Wildman–Crippen MR) is 115 cm³/mol. The molecule has 154 valence electrons. The minimum absolute atomic E-state index is 0.143. The minimum Gasteiger partial charge on any atom is -0.376 e. The molecule has 0 spiro atoms. The van der Waals surface area contributed by atoms with Crippen LogP contribution in [0.2, 0.25) is 0 Å². The first-order chi connectivity index (χ1) is 13.1. The molecule has 0 fully saturated rings. The van der Waals surface area contributed by atoms with Crippen LogP contribution in [0.5, 0.6) is 0 Å². The number of amides is 1. The number of nitrogens with one attached hydrogen (secondary N) is 2. The smallest absolute Gasteiger partial charge is 0.279 e. The van der Waals surface area contributed by atoms with Crippen LogP contribution in [-0.4, -0.2) is 59.9 Å². The maximum atomic E-state index is 12.7. The lowest BCUT2D eigenvalue weighted by Crippen LogP contribution is -3.11. The average Bonchev–Trinajstić information content (AvgIpc) is 3.13. The standard InChI is InChI=1S/C19H28N4O3S2/c1-6-23(13-15-8-7-11-27-15)14-19(24)20-17-12-16(28(25,26)22(4)5)9-10-18(17)21(2)3/h7-12H,6,13-14H2,1-5H3,(H,20,24)/p+1. The molecule has 0 aliphatic carbocycles. The zero-order valence-corrected chi connectivity index (χ0v) is 18.7. The van der Waals surface area contributed by atoms with Gasteiger partial charge in [0.2, 0.25) is 10.0 Å². The summed E-state index contributed by atoms with van der Waals surface area (Å²) in [5.41, 5.74) is 1.24. The van der Waals surface area contributed by atoms with Crippen LogP contribution < -0.4 is 15.1 Å². The number of thiophene rings is 1. The summed E-state index contributed by atoms with van der Waals surface area (Å²) in [6, 6.07) is 8.86. The third-order valence-corrected chi connectivity index (χ3v) is 7.10. The van der Waals surface area contributed by atoms with Crippen LogP contribution in [0.25, 0.3) is 0 Å². The molecule has 2 N–H and O–H groups in total. The number of sulfonamides is 1. The lowest BCUT2D eigenvalue weighted by atomic mass is 10.2. The fraction of sp³-hybridized carbons (Fsp3) is 0.421. The van der Waals surface area contributed by atoms with E-state index in [1.54, 1.807) is 23.5 Å². The maximum absolute atomic E-state index is 12.7. The van der Waals surface area contributed by atoms with Crippen molar-refractivity contribution in [1.82, 2.24) is 4.31 Å². The molecule has 2 rings (SSSR count). The Balaban J connectivity index is 2.21. The highest BCUT2D eigenvalue weighted by Gasteiger charge is 2.21. The molecule has 28 heavy (non-hydrogen) atoms. The number of rotatable bonds is 9. The van der Waals surface area contributed by atoms with E-state index < -0.39 is 10.0 Å². The van der Waals surface area contributed by atoms with Gasteiger partial charge in [-0.1, -0.05) is 6.07 Å². The Morgan fingerprint density at radius 1 is 1.18 bits per heavy atom. The van der Waals surface area contributed by atoms with Crippen molar-refractivity contribution in [3.05, 3.63) is 40.6 Å². The second kappa shape index (κ2) is 9.51. The summed E-state index contributed by atoms with van der Waals surface area (Å²) in [5, 5.41) is 4.94. The van der Waals surface area contributed by atoms with Gasteiger partial charge in [-0.3, -0.25) is 4.79 Å². The van der Waals surface area contributed by atoms with Gasteiger partial charge in [0.25, 0.3) is 5.91 Å². The van der Waals surface area contributed by atoms with E-state index in [1.807, 2.05) is 37.4 Å².